The van der Waals surface area contributed by atoms with Gasteiger partial charge in [0, 0.05) is 12.7 Å². The third-order valence-electron chi connectivity index (χ3n) is 2.47. The van der Waals surface area contributed by atoms with Gasteiger partial charge in [0.15, 0.2) is 4.60 Å². The van der Waals surface area contributed by atoms with Crippen molar-refractivity contribution in [3.05, 3.63) is 39.9 Å². The summed E-state index contributed by atoms with van der Waals surface area (Å²) < 4.78 is 2.32. The molecule has 2 aromatic heterocycles. The Balaban J connectivity index is 2.47. The summed E-state index contributed by atoms with van der Waals surface area (Å²) in [6, 6.07) is 5.55. The Hall–Kier alpha value is -1.31. The Kier molecular flexibility index (Phi) is 3.51. The predicted molar refractivity (Wildman–Crippen MR) is 66.8 cm³/mol. The first-order valence-electron chi connectivity index (χ1n) is 5.08. The van der Waals surface area contributed by atoms with E-state index < -0.39 is 0 Å². The van der Waals surface area contributed by atoms with Crippen LogP contribution in [0.15, 0.2) is 22.8 Å². The lowest BCUT2D eigenvalue weighted by Crippen LogP contribution is -2.31. The molecule has 0 fully saturated rings. The monoisotopic (exact) mass is 296 g/mol. The fourth-order valence-corrected chi connectivity index (χ4v) is 2.23. The molecule has 0 amide bonds. The molecular formula is C10H13BrN6. The molecule has 17 heavy (non-hydrogen) atoms. The number of aryl methyl sites for hydroxylation is 2. The summed E-state index contributed by atoms with van der Waals surface area (Å²) in [7, 11) is 1.81. The molecule has 0 aromatic carbocycles. The second-order valence-corrected chi connectivity index (χ2v) is 4.44. The van der Waals surface area contributed by atoms with Crippen LogP contribution in [0.25, 0.3) is 0 Å². The van der Waals surface area contributed by atoms with Crippen molar-refractivity contribution in [3.63, 3.8) is 0 Å². The molecule has 0 aliphatic rings. The van der Waals surface area contributed by atoms with Gasteiger partial charge in [0.25, 0.3) is 0 Å². The van der Waals surface area contributed by atoms with E-state index in [-0.39, 0.29) is 6.04 Å². The van der Waals surface area contributed by atoms with Crippen molar-refractivity contribution in [2.45, 2.75) is 13.0 Å². The van der Waals surface area contributed by atoms with Crippen LogP contribution in [0.4, 0.5) is 0 Å². The highest BCUT2D eigenvalue weighted by molar-refractivity contribution is 9.10. The number of halogens is 1. The Bertz CT molecular complexity index is 504. The van der Waals surface area contributed by atoms with Gasteiger partial charge in [-0.3, -0.25) is 10.8 Å². The van der Waals surface area contributed by atoms with Crippen LogP contribution in [0.2, 0.25) is 0 Å². The van der Waals surface area contributed by atoms with Gasteiger partial charge < -0.3 is 0 Å². The lowest BCUT2D eigenvalue weighted by Gasteiger charge is -2.15. The van der Waals surface area contributed by atoms with E-state index in [9.17, 15) is 0 Å². The number of hydrogen-bond donors (Lipinski definition) is 2. The highest BCUT2D eigenvalue weighted by atomic mass is 79.9. The fourth-order valence-electron chi connectivity index (χ4n) is 1.67. The number of aromatic nitrogens is 4. The number of nitrogens with one attached hydrogen (secondary N) is 1. The van der Waals surface area contributed by atoms with Crippen LogP contribution in [0, 0.1) is 6.92 Å². The van der Waals surface area contributed by atoms with Crippen molar-refractivity contribution in [3.8, 4) is 0 Å². The molecule has 0 saturated carbocycles. The van der Waals surface area contributed by atoms with Gasteiger partial charge in [0.05, 0.1) is 11.4 Å². The van der Waals surface area contributed by atoms with Gasteiger partial charge in [-0.1, -0.05) is 11.3 Å². The molecule has 1 unspecified atom stereocenters. The maximum absolute atomic E-state index is 5.60. The second-order valence-electron chi connectivity index (χ2n) is 3.69. The Morgan fingerprint density at radius 2 is 2.24 bits per heavy atom. The number of hydrogen-bond acceptors (Lipinski definition) is 5. The fraction of sp³-hybridized carbons (Fsp3) is 0.300. The largest absolute Gasteiger partial charge is 0.270 e. The number of rotatable bonds is 3. The molecule has 0 radical (unpaired) electrons. The third-order valence-corrected chi connectivity index (χ3v) is 3.04. The molecule has 6 nitrogen and oxygen atoms in total. The zero-order valence-corrected chi connectivity index (χ0v) is 11.1. The maximum atomic E-state index is 5.60. The Morgan fingerprint density at radius 1 is 1.47 bits per heavy atom. The van der Waals surface area contributed by atoms with Gasteiger partial charge in [0.2, 0.25) is 0 Å². The van der Waals surface area contributed by atoms with E-state index in [1.54, 1.807) is 4.68 Å². The summed E-state index contributed by atoms with van der Waals surface area (Å²) in [4.78, 5) is 4.45. The average molecular weight is 297 g/mol. The van der Waals surface area contributed by atoms with Gasteiger partial charge in [-0.2, -0.15) is 0 Å². The van der Waals surface area contributed by atoms with E-state index in [0.29, 0.717) is 4.60 Å². The van der Waals surface area contributed by atoms with E-state index in [0.717, 1.165) is 17.1 Å². The van der Waals surface area contributed by atoms with Crippen LogP contribution < -0.4 is 11.3 Å². The van der Waals surface area contributed by atoms with E-state index in [1.807, 2.05) is 32.2 Å². The topological polar surface area (TPSA) is 81.6 Å². The molecule has 7 heteroatoms. The zero-order chi connectivity index (χ0) is 12.4. The summed E-state index contributed by atoms with van der Waals surface area (Å²) in [5.41, 5.74) is 5.35. The lowest BCUT2D eigenvalue weighted by atomic mass is 10.1. The molecule has 1 atom stereocenters. The summed E-state index contributed by atoms with van der Waals surface area (Å²) >= 11 is 3.36. The minimum Gasteiger partial charge on any atom is -0.270 e. The van der Waals surface area contributed by atoms with Crippen LogP contribution in [0.1, 0.15) is 23.1 Å². The molecule has 2 aromatic rings. The van der Waals surface area contributed by atoms with Crippen molar-refractivity contribution in [2.75, 3.05) is 0 Å². The first kappa shape index (κ1) is 12.2. The van der Waals surface area contributed by atoms with Crippen LogP contribution in [0.5, 0.6) is 0 Å². The van der Waals surface area contributed by atoms with Crippen LogP contribution >= 0.6 is 15.9 Å². The average Bonchev–Trinajstić information content (AvgIpc) is 2.62. The highest BCUT2D eigenvalue weighted by Gasteiger charge is 2.21. The summed E-state index contributed by atoms with van der Waals surface area (Å²) in [6.07, 6.45) is 0. The second kappa shape index (κ2) is 4.91. The van der Waals surface area contributed by atoms with E-state index in [2.05, 4.69) is 36.7 Å². The van der Waals surface area contributed by atoms with Gasteiger partial charge in [-0.25, -0.2) is 10.1 Å². The number of pyridine rings is 1. The van der Waals surface area contributed by atoms with Crippen molar-refractivity contribution < 1.29 is 0 Å². The summed E-state index contributed by atoms with van der Waals surface area (Å²) in [6.45, 7) is 1.94. The number of nitrogens with two attached hydrogens (primary N) is 1. The number of nitrogens with zero attached hydrogens (tertiary/aromatic N) is 4. The molecule has 0 spiro atoms. The normalized spacial score (nSPS) is 12.7. The molecule has 2 rings (SSSR count). The smallest absolute Gasteiger partial charge is 0.153 e. The lowest BCUT2D eigenvalue weighted by molar-refractivity contribution is 0.558. The quantitative estimate of drug-likeness (QED) is 0.648. The maximum Gasteiger partial charge on any atom is 0.153 e. The molecule has 2 heterocycles. The Morgan fingerprint density at radius 3 is 2.76 bits per heavy atom. The third kappa shape index (κ3) is 2.36. The van der Waals surface area contributed by atoms with Crippen LogP contribution in [-0.4, -0.2) is 20.0 Å². The van der Waals surface area contributed by atoms with E-state index >= 15 is 0 Å². The first-order valence-corrected chi connectivity index (χ1v) is 5.87. The van der Waals surface area contributed by atoms with Crippen LogP contribution in [0.3, 0.4) is 0 Å². The van der Waals surface area contributed by atoms with Gasteiger partial charge in [0.1, 0.15) is 6.04 Å². The molecule has 3 N–H and O–H groups in total. The van der Waals surface area contributed by atoms with Gasteiger partial charge in [-0.05, 0) is 35.0 Å². The molecule has 90 valence electrons. The molecule has 0 aliphatic heterocycles. The van der Waals surface area contributed by atoms with E-state index in [4.69, 9.17) is 5.84 Å². The molecular weight excluding hydrogens is 284 g/mol. The van der Waals surface area contributed by atoms with Crippen LogP contribution in [-0.2, 0) is 7.05 Å². The minimum absolute atomic E-state index is 0.246. The Labute approximate surface area is 107 Å². The number of hydrazine groups is 1. The summed E-state index contributed by atoms with van der Waals surface area (Å²) in [5, 5.41) is 7.87. The predicted octanol–water partition coefficient (Wildman–Crippen LogP) is 0.834. The molecule has 0 bridgehead atoms. The SMILES string of the molecule is Cc1cccc(C(NN)c2c(Br)nnn2C)n1. The minimum atomic E-state index is -0.246. The van der Waals surface area contributed by atoms with Crippen molar-refractivity contribution in [1.29, 1.82) is 0 Å². The first-order chi connectivity index (χ1) is 8.13. The molecule has 0 aliphatic carbocycles. The molecule has 0 saturated heterocycles. The standard InChI is InChI=1S/C10H13BrN6/c1-6-4-3-5-7(13-6)8(14-12)9-10(11)15-16-17(9)2/h3-5,8,14H,12H2,1-2H3. The summed E-state index contributed by atoms with van der Waals surface area (Å²) in [5.74, 6) is 5.60. The van der Waals surface area contributed by atoms with Crippen molar-refractivity contribution >= 4 is 15.9 Å². The van der Waals surface area contributed by atoms with Gasteiger partial charge in [-0.15, -0.1) is 5.10 Å². The zero-order valence-electron chi connectivity index (χ0n) is 9.55. The highest BCUT2D eigenvalue weighted by Crippen LogP contribution is 2.24. The van der Waals surface area contributed by atoms with E-state index in [1.165, 1.54) is 0 Å². The van der Waals surface area contributed by atoms with Gasteiger partial charge >= 0.3 is 0 Å². The van der Waals surface area contributed by atoms with Crippen molar-refractivity contribution in [2.24, 2.45) is 12.9 Å². The van der Waals surface area contributed by atoms with Crippen molar-refractivity contribution in [1.82, 2.24) is 25.4 Å².